The van der Waals surface area contributed by atoms with E-state index in [0.29, 0.717) is 10.6 Å². The van der Waals surface area contributed by atoms with Crippen molar-refractivity contribution in [2.45, 2.75) is 38.9 Å². The van der Waals surface area contributed by atoms with Gasteiger partial charge in [0.05, 0.1) is 17.0 Å². The number of hydrogen-bond donors (Lipinski definition) is 1. The maximum absolute atomic E-state index is 14.0. The summed E-state index contributed by atoms with van der Waals surface area (Å²) >= 11 is 12.3. The van der Waals surface area contributed by atoms with Crippen LogP contribution in [0.25, 0.3) is 0 Å². The van der Waals surface area contributed by atoms with Gasteiger partial charge in [0, 0.05) is 24.0 Å². The van der Waals surface area contributed by atoms with E-state index in [2.05, 4.69) is 5.32 Å². The Labute approximate surface area is 238 Å². The largest absolute Gasteiger partial charge is 0.352 e. The molecule has 0 aromatic heterocycles. The van der Waals surface area contributed by atoms with Crippen LogP contribution in [0, 0.1) is 5.82 Å². The van der Waals surface area contributed by atoms with E-state index in [0.717, 1.165) is 28.3 Å². The SMILES string of the molecule is CC(C)NC(=O)[C@@H](Cc1ccccc1)N(Cc1ccccc1Cl)C(=O)CN(c1ccc(F)c(Cl)c1)S(C)(=O)=O. The molecule has 208 valence electrons. The van der Waals surface area contributed by atoms with Crippen LogP contribution in [0.3, 0.4) is 0 Å². The van der Waals surface area contributed by atoms with Gasteiger partial charge in [-0.25, -0.2) is 12.8 Å². The zero-order valence-electron chi connectivity index (χ0n) is 21.8. The molecule has 39 heavy (non-hydrogen) atoms. The summed E-state index contributed by atoms with van der Waals surface area (Å²) in [5, 5.41) is 2.97. The first kappa shape index (κ1) is 30.4. The zero-order valence-corrected chi connectivity index (χ0v) is 24.1. The number of nitrogens with zero attached hydrogens (tertiary/aromatic N) is 2. The number of carbonyl (C=O) groups excluding carboxylic acids is 2. The molecule has 1 atom stereocenters. The minimum Gasteiger partial charge on any atom is -0.352 e. The quantitative estimate of drug-likeness (QED) is 0.336. The van der Waals surface area contributed by atoms with Crippen LogP contribution in [0.1, 0.15) is 25.0 Å². The Balaban J connectivity index is 2.08. The van der Waals surface area contributed by atoms with Crippen molar-refractivity contribution in [2.24, 2.45) is 0 Å². The van der Waals surface area contributed by atoms with Gasteiger partial charge in [-0.15, -0.1) is 0 Å². The van der Waals surface area contributed by atoms with Crippen LogP contribution in [0.4, 0.5) is 10.1 Å². The van der Waals surface area contributed by atoms with Crippen molar-refractivity contribution in [1.82, 2.24) is 10.2 Å². The molecule has 3 rings (SSSR count). The molecular formula is C28H30Cl2FN3O4S. The lowest BCUT2D eigenvalue weighted by molar-refractivity contribution is -0.140. The minimum atomic E-state index is -4.00. The number of anilines is 1. The summed E-state index contributed by atoms with van der Waals surface area (Å²) in [5.41, 5.74) is 1.41. The molecule has 0 unspecified atom stereocenters. The third kappa shape index (κ3) is 8.42. The first-order valence-electron chi connectivity index (χ1n) is 12.2. The second-order valence-corrected chi connectivity index (χ2v) is 12.1. The van der Waals surface area contributed by atoms with E-state index in [4.69, 9.17) is 23.2 Å². The molecule has 0 aliphatic heterocycles. The number of amides is 2. The van der Waals surface area contributed by atoms with Gasteiger partial charge in [0.15, 0.2) is 0 Å². The van der Waals surface area contributed by atoms with Crippen LogP contribution in [0.2, 0.25) is 10.0 Å². The highest BCUT2D eigenvalue weighted by molar-refractivity contribution is 7.92. The summed E-state index contributed by atoms with van der Waals surface area (Å²) in [6.07, 6.45) is 1.11. The standard InChI is InChI=1S/C28H30Cl2FN3O4S/c1-19(2)32-28(36)26(15-20-9-5-4-6-10-20)33(17-21-11-7-8-12-23(21)29)27(35)18-34(39(3,37)38)22-13-14-25(31)24(30)16-22/h4-14,16,19,26H,15,17-18H2,1-3H3,(H,32,36)/t26-/m1/s1. The second kappa shape index (κ2) is 13.3. The summed E-state index contributed by atoms with van der Waals surface area (Å²) in [6, 6.07) is 18.3. The van der Waals surface area contributed by atoms with Crippen molar-refractivity contribution < 1.29 is 22.4 Å². The fourth-order valence-corrected chi connectivity index (χ4v) is 5.21. The Hall–Kier alpha value is -3.14. The molecule has 0 saturated carbocycles. The van der Waals surface area contributed by atoms with E-state index in [-0.39, 0.29) is 29.7 Å². The van der Waals surface area contributed by atoms with E-state index in [1.807, 2.05) is 30.3 Å². The van der Waals surface area contributed by atoms with Crippen LogP contribution in [0.5, 0.6) is 0 Å². The highest BCUT2D eigenvalue weighted by Gasteiger charge is 2.33. The average Bonchev–Trinajstić information content (AvgIpc) is 2.87. The smallest absolute Gasteiger partial charge is 0.244 e. The van der Waals surface area contributed by atoms with Crippen LogP contribution >= 0.6 is 23.2 Å². The molecule has 0 aliphatic carbocycles. The molecule has 7 nitrogen and oxygen atoms in total. The number of sulfonamides is 1. The maximum Gasteiger partial charge on any atom is 0.244 e. The monoisotopic (exact) mass is 593 g/mol. The van der Waals surface area contributed by atoms with Crippen LogP contribution < -0.4 is 9.62 Å². The van der Waals surface area contributed by atoms with Crippen molar-refractivity contribution >= 4 is 50.7 Å². The Bertz CT molecular complexity index is 1420. The van der Waals surface area contributed by atoms with E-state index in [9.17, 15) is 22.4 Å². The lowest BCUT2D eigenvalue weighted by atomic mass is 10.0. The Morgan fingerprint density at radius 3 is 2.18 bits per heavy atom. The van der Waals surface area contributed by atoms with Gasteiger partial charge in [0.2, 0.25) is 21.8 Å². The summed E-state index contributed by atoms with van der Waals surface area (Å²) in [5.74, 6) is -1.78. The predicted molar refractivity (Wildman–Crippen MR) is 153 cm³/mol. The topological polar surface area (TPSA) is 86.8 Å². The van der Waals surface area contributed by atoms with Gasteiger partial charge < -0.3 is 10.2 Å². The first-order chi connectivity index (χ1) is 18.4. The molecule has 0 aliphatic rings. The molecule has 0 spiro atoms. The number of nitrogens with one attached hydrogen (secondary N) is 1. The van der Waals surface area contributed by atoms with Crippen molar-refractivity contribution in [3.8, 4) is 0 Å². The van der Waals surface area contributed by atoms with Crippen LogP contribution in [-0.2, 0) is 32.6 Å². The Kier molecular flexibility index (Phi) is 10.4. The Morgan fingerprint density at radius 2 is 1.59 bits per heavy atom. The average molecular weight is 595 g/mol. The van der Waals surface area contributed by atoms with Crippen LogP contribution in [0.15, 0.2) is 72.8 Å². The second-order valence-electron chi connectivity index (χ2n) is 9.35. The van der Waals surface area contributed by atoms with E-state index < -0.39 is 40.2 Å². The number of halogens is 3. The molecule has 0 radical (unpaired) electrons. The predicted octanol–water partition coefficient (Wildman–Crippen LogP) is 5.06. The normalized spacial score (nSPS) is 12.2. The molecule has 2 amide bonds. The molecule has 3 aromatic rings. The van der Waals surface area contributed by atoms with Crippen molar-refractivity contribution in [2.75, 3.05) is 17.1 Å². The van der Waals surface area contributed by atoms with Crippen LogP contribution in [-0.4, -0.2) is 50.0 Å². The molecule has 3 aromatic carbocycles. The van der Waals surface area contributed by atoms with Crippen molar-refractivity contribution in [1.29, 1.82) is 0 Å². The Morgan fingerprint density at radius 1 is 0.949 bits per heavy atom. The van der Waals surface area contributed by atoms with Gasteiger partial charge in [-0.05, 0) is 49.2 Å². The summed E-state index contributed by atoms with van der Waals surface area (Å²) in [6.45, 7) is 2.91. The molecule has 0 heterocycles. The fourth-order valence-electron chi connectivity index (χ4n) is 4.00. The molecule has 1 N–H and O–H groups in total. The van der Waals surface area contributed by atoms with Crippen molar-refractivity contribution in [3.63, 3.8) is 0 Å². The maximum atomic E-state index is 14.0. The highest BCUT2D eigenvalue weighted by atomic mass is 35.5. The summed E-state index contributed by atoms with van der Waals surface area (Å²) < 4.78 is 40.2. The number of rotatable bonds is 11. The summed E-state index contributed by atoms with van der Waals surface area (Å²) in [7, 11) is -4.00. The molecule has 11 heteroatoms. The third-order valence-corrected chi connectivity index (χ3v) is 7.67. The summed E-state index contributed by atoms with van der Waals surface area (Å²) in [4.78, 5) is 28.8. The highest BCUT2D eigenvalue weighted by Crippen LogP contribution is 2.26. The van der Waals surface area contributed by atoms with Crippen molar-refractivity contribution in [3.05, 3.63) is 99.8 Å². The number of carbonyl (C=O) groups is 2. The van der Waals surface area contributed by atoms with E-state index in [1.165, 1.54) is 11.0 Å². The van der Waals surface area contributed by atoms with Gasteiger partial charge in [0.1, 0.15) is 18.4 Å². The molecule has 0 saturated heterocycles. The number of benzene rings is 3. The van der Waals surface area contributed by atoms with E-state index in [1.54, 1.807) is 38.1 Å². The molecule has 0 fully saturated rings. The van der Waals surface area contributed by atoms with Gasteiger partial charge in [-0.3, -0.25) is 13.9 Å². The van der Waals surface area contributed by atoms with Gasteiger partial charge in [0.25, 0.3) is 0 Å². The van der Waals surface area contributed by atoms with E-state index >= 15 is 0 Å². The zero-order chi connectivity index (χ0) is 28.7. The van der Waals surface area contributed by atoms with Gasteiger partial charge in [-0.2, -0.15) is 0 Å². The number of hydrogen-bond acceptors (Lipinski definition) is 4. The van der Waals surface area contributed by atoms with Gasteiger partial charge >= 0.3 is 0 Å². The molecular weight excluding hydrogens is 564 g/mol. The third-order valence-electron chi connectivity index (χ3n) is 5.87. The first-order valence-corrected chi connectivity index (χ1v) is 14.8. The van der Waals surface area contributed by atoms with Gasteiger partial charge in [-0.1, -0.05) is 71.7 Å². The lowest BCUT2D eigenvalue weighted by Gasteiger charge is -2.34. The molecule has 0 bridgehead atoms. The minimum absolute atomic E-state index is 0.0150. The fraction of sp³-hybridized carbons (Fsp3) is 0.286. The lowest BCUT2D eigenvalue weighted by Crippen LogP contribution is -2.54.